The first-order valence-electron chi connectivity index (χ1n) is 10.6. The molecule has 2 aromatic heterocycles. The number of benzene rings is 1. The van der Waals surface area contributed by atoms with Gasteiger partial charge in [0.05, 0.1) is 29.9 Å². The van der Waals surface area contributed by atoms with E-state index in [1.807, 2.05) is 32.2 Å². The molecule has 0 spiro atoms. The molecule has 1 saturated heterocycles. The van der Waals surface area contributed by atoms with Gasteiger partial charge in [-0.2, -0.15) is 5.10 Å². The Hall–Kier alpha value is -3.53. The quantitative estimate of drug-likeness (QED) is 0.561. The fraction of sp³-hybridized carbons (Fsp3) is 0.391. The number of pyridine rings is 1. The maximum atomic E-state index is 14.7. The number of aromatic nitrogens is 3. The van der Waals surface area contributed by atoms with Crippen LogP contribution in [0, 0.1) is 11.7 Å². The lowest BCUT2D eigenvalue weighted by Crippen LogP contribution is -2.40. The van der Waals surface area contributed by atoms with Gasteiger partial charge in [-0.15, -0.1) is 0 Å². The summed E-state index contributed by atoms with van der Waals surface area (Å²) in [6, 6.07) is 6.63. The molecule has 9 nitrogen and oxygen atoms in total. The van der Waals surface area contributed by atoms with Crippen LogP contribution in [0.1, 0.15) is 32.3 Å². The number of aliphatic hydroxyl groups excluding tert-OH is 1. The summed E-state index contributed by atoms with van der Waals surface area (Å²) in [7, 11) is 1.44. The molecule has 3 unspecified atom stereocenters. The minimum atomic E-state index is -1.33. The molecule has 2 N–H and O–H groups in total. The number of carbonyl (C=O) groups is 2. The molecule has 1 aliphatic heterocycles. The number of rotatable bonds is 7. The SMILES string of the molecule is CCn1ncc2c(F)cc(-c3ccc(C(C(C)C)C(O)C4OC(=O)NC4=O)c(OC)n3)cc21. The molecule has 33 heavy (non-hydrogen) atoms. The molecule has 0 radical (unpaired) electrons. The zero-order valence-corrected chi connectivity index (χ0v) is 18.7. The van der Waals surface area contributed by atoms with E-state index in [4.69, 9.17) is 9.47 Å². The average Bonchev–Trinajstić information content (AvgIpc) is 3.35. The summed E-state index contributed by atoms with van der Waals surface area (Å²) in [6.07, 6.45) is -2.04. The van der Waals surface area contributed by atoms with Crippen molar-refractivity contribution in [3.05, 3.63) is 41.8 Å². The number of aryl methyl sites for hydroxylation is 1. The van der Waals surface area contributed by atoms with Crippen LogP contribution in [0.2, 0.25) is 0 Å². The molecule has 3 atom stereocenters. The summed E-state index contributed by atoms with van der Waals surface area (Å²) in [5.41, 5.74) is 2.22. The van der Waals surface area contributed by atoms with Gasteiger partial charge in [0.15, 0.2) is 0 Å². The number of ether oxygens (including phenoxy) is 2. The Morgan fingerprint density at radius 3 is 2.67 bits per heavy atom. The van der Waals surface area contributed by atoms with Crippen LogP contribution in [0.25, 0.3) is 22.2 Å². The molecule has 3 heterocycles. The van der Waals surface area contributed by atoms with Crippen molar-refractivity contribution in [2.75, 3.05) is 7.11 Å². The molecule has 0 aliphatic carbocycles. The fourth-order valence-electron chi connectivity index (χ4n) is 4.28. The Labute approximate surface area is 189 Å². The van der Waals surface area contributed by atoms with Gasteiger partial charge in [0.1, 0.15) is 11.9 Å². The first-order valence-corrected chi connectivity index (χ1v) is 10.6. The van der Waals surface area contributed by atoms with Crippen molar-refractivity contribution >= 4 is 22.9 Å². The highest BCUT2D eigenvalue weighted by Crippen LogP contribution is 2.37. The zero-order valence-electron chi connectivity index (χ0n) is 18.7. The van der Waals surface area contributed by atoms with Gasteiger partial charge in [-0.3, -0.25) is 14.8 Å². The van der Waals surface area contributed by atoms with E-state index in [2.05, 4.69) is 10.1 Å². The lowest BCUT2D eigenvalue weighted by Gasteiger charge is -2.29. The van der Waals surface area contributed by atoms with Crippen molar-refractivity contribution in [3.63, 3.8) is 0 Å². The number of fused-ring (bicyclic) bond motifs is 1. The number of hydrogen-bond acceptors (Lipinski definition) is 7. The van der Waals surface area contributed by atoms with E-state index in [-0.39, 0.29) is 11.8 Å². The summed E-state index contributed by atoms with van der Waals surface area (Å²) in [5, 5.41) is 17.6. The van der Waals surface area contributed by atoms with Gasteiger partial charge in [-0.05, 0) is 31.0 Å². The number of alkyl carbamates (subject to hydrolysis) is 1. The van der Waals surface area contributed by atoms with Crippen molar-refractivity contribution in [2.45, 2.75) is 45.4 Å². The first kappa shape index (κ1) is 22.7. The van der Waals surface area contributed by atoms with Gasteiger partial charge in [0, 0.05) is 23.6 Å². The molecular formula is C23H25FN4O5. The minimum Gasteiger partial charge on any atom is -0.481 e. The van der Waals surface area contributed by atoms with E-state index in [1.165, 1.54) is 19.4 Å². The van der Waals surface area contributed by atoms with Crippen LogP contribution in [-0.2, 0) is 16.1 Å². The first-order chi connectivity index (χ1) is 15.7. The number of aliphatic hydroxyl groups is 1. The van der Waals surface area contributed by atoms with Gasteiger partial charge in [0.25, 0.3) is 5.91 Å². The molecule has 174 valence electrons. The molecule has 4 rings (SSSR count). The van der Waals surface area contributed by atoms with Crippen LogP contribution in [0.4, 0.5) is 9.18 Å². The van der Waals surface area contributed by atoms with Crippen LogP contribution in [0.3, 0.4) is 0 Å². The highest BCUT2D eigenvalue weighted by molar-refractivity contribution is 6.00. The Morgan fingerprint density at radius 1 is 1.30 bits per heavy atom. The molecule has 2 amide bonds. The van der Waals surface area contributed by atoms with Crippen molar-refractivity contribution in [2.24, 2.45) is 5.92 Å². The molecule has 1 fully saturated rings. The number of nitrogens with zero attached hydrogens (tertiary/aromatic N) is 3. The lowest BCUT2D eigenvalue weighted by molar-refractivity contribution is -0.129. The van der Waals surface area contributed by atoms with Crippen LogP contribution in [0.5, 0.6) is 5.88 Å². The van der Waals surface area contributed by atoms with Gasteiger partial charge in [-0.1, -0.05) is 19.9 Å². The minimum absolute atomic E-state index is 0.152. The van der Waals surface area contributed by atoms with Crippen LogP contribution in [-0.4, -0.2) is 51.2 Å². The fourth-order valence-corrected chi connectivity index (χ4v) is 4.28. The second-order valence-electron chi connectivity index (χ2n) is 8.22. The number of halogens is 1. The van der Waals surface area contributed by atoms with E-state index in [0.717, 1.165) is 0 Å². The summed E-state index contributed by atoms with van der Waals surface area (Å²) < 4.78 is 26.9. The smallest absolute Gasteiger partial charge is 0.414 e. The number of imide groups is 1. The Balaban J connectivity index is 1.75. The lowest BCUT2D eigenvalue weighted by atomic mass is 9.81. The van der Waals surface area contributed by atoms with Gasteiger partial charge in [-0.25, -0.2) is 14.2 Å². The van der Waals surface area contributed by atoms with E-state index in [1.54, 1.807) is 16.8 Å². The highest BCUT2D eigenvalue weighted by atomic mass is 19.1. The maximum absolute atomic E-state index is 14.7. The van der Waals surface area contributed by atoms with Crippen molar-refractivity contribution in [3.8, 4) is 17.1 Å². The number of cyclic esters (lactones) is 1. The van der Waals surface area contributed by atoms with Crippen LogP contribution >= 0.6 is 0 Å². The van der Waals surface area contributed by atoms with Crippen molar-refractivity contribution < 1.29 is 28.6 Å². The average molecular weight is 456 g/mol. The van der Waals surface area contributed by atoms with E-state index in [9.17, 15) is 19.1 Å². The normalized spacial score (nSPS) is 17.8. The molecule has 10 heteroatoms. The summed E-state index contributed by atoms with van der Waals surface area (Å²) in [6.45, 7) is 6.25. The third-order valence-corrected chi connectivity index (χ3v) is 5.86. The summed E-state index contributed by atoms with van der Waals surface area (Å²) in [4.78, 5) is 28.0. The molecular weight excluding hydrogens is 431 g/mol. The van der Waals surface area contributed by atoms with Crippen molar-refractivity contribution in [1.29, 1.82) is 0 Å². The topological polar surface area (TPSA) is 116 Å². The van der Waals surface area contributed by atoms with Crippen molar-refractivity contribution in [1.82, 2.24) is 20.1 Å². The van der Waals surface area contributed by atoms with Gasteiger partial charge < -0.3 is 14.6 Å². The third-order valence-electron chi connectivity index (χ3n) is 5.86. The van der Waals surface area contributed by atoms with Crippen LogP contribution < -0.4 is 10.1 Å². The molecule has 0 bridgehead atoms. The number of hydrogen-bond donors (Lipinski definition) is 2. The predicted molar refractivity (Wildman–Crippen MR) is 117 cm³/mol. The monoisotopic (exact) mass is 456 g/mol. The second kappa shape index (κ2) is 8.78. The van der Waals surface area contributed by atoms with E-state index < -0.39 is 35.9 Å². The largest absolute Gasteiger partial charge is 0.481 e. The molecule has 1 aliphatic rings. The molecule has 0 saturated carbocycles. The molecule has 1 aromatic carbocycles. The second-order valence-corrected chi connectivity index (χ2v) is 8.22. The summed E-state index contributed by atoms with van der Waals surface area (Å²) in [5.74, 6) is -1.65. The van der Waals surface area contributed by atoms with Gasteiger partial charge in [0.2, 0.25) is 12.0 Å². The summed E-state index contributed by atoms with van der Waals surface area (Å²) >= 11 is 0. The Bertz CT molecular complexity index is 1230. The number of amides is 2. The number of nitrogens with one attached hydrogen (secondary N) is 1. The Morgan fingerprint density at radius 2 is 2.06 bits per heavy atom. The number of carbonyl (C=O) groups excluding carboxylic acids is 2. The third kappa shape index (κ3) is 4.02. The zero-order chi connectivity index (χ0) is 23.9. The van der Waals surface area contributed by atoms with E-state index >= 15 is 0 Å². The van der Waals surface area contributed by atoms with E-state index in [0.29, 0.717) is 34.3 Å². The van der Waals surface area contributed by atoms with Crippen LogP contribution in [0.15, 0.2) is 30.5 Å². The highest BCUT2D eigenvalue weighted by Gasteiger charge is 2.43. The van der Waals surface area contributed by atoms with Gasteiger partial charge >= 0.3 is 6.09 Å². The Kier molecular flexibility index (Phi) is 6.03. The molecule has 3 aromatic rings. The number of methoxy groups -OCH3 is 1. The standard InChI is InChI=1S/C23H25FN4O5/c1-5-28-17-9-12(8-15(24)14(17)10-25-28)16-7-6-13(22(26-16)32-4)18(11(2)3)19(29)20-21(30)27-23(31)33-20/h6-11,18-20,29H,5H2,1-4H3,(H,27,30,31). The predicted octanol–water partition coefficient (Wildman–Crippen LogP) is 3.00. The maximum Gasteiger partial charge on any atom is 0.414 e.